The van der Waals surface area contributed by atoms with Gasteiger partial charge in [0.1, 0.15) is 0 Å². The second-order valence-corrected chi connectivity index (χ2v) is 8.08. The van der Waals surface area contributed by atoms with E-state index in [-0.39, 0.29) is 5.92 Å². The summed E-state index contributed by atoms with van der Waals surface area (Å²) in [5.74, 6) is 0.257. The summed E-state index contributed by atoms with van der Waals surface area (Å²) in [6.07, 6.45) is 5.64. The fourth-order valence-corrected chi connectivity index (χ4v) is 4.19. The van der Waals surface area contributed by atoms with Gasteiger partial charge in [-0.25, -0.2) is 4.98 Å². The Labute approximate surface area is 185 Å². The summed E-state index contributed by atoms with van der Waals surface area (Å²) in [6, 6.07) is 29.8. The van der Waals surface area contributed by atoms with Gasteiger partial charge in [0.15, 0.2) is 0 Å². The minimum Gasteiger partial charge on any atom is -0.387 e. The average molecular weight is 411 g/mol. The SMILES string of the molecule is CCc1ccc(C(CCC(O)c2cncn2Cc2ccccc2)c2ccccc2)cc1. The minimum absolute atomic E-state index is 0.257. The standard InChI is InChI=1S/C28H30N2O/c1-2-22-13-15-25(16-14-22)26(24-11-7-4-8-12-24)17-18-28(31)27-19-29-21-30(27)20-23-9-5-3-6-10-23/h3-16,19,21,26,28,31H,2,17-18,20H2,1H3. The Hall–Kier alpha value is -3.17. The molecule has 0 aliphatic carbocycles. The lowest BCUT2D eigenvalue weighted by atomic mass is 9.86. The molecule has 4 rings (SSSR count). The number of hydrogen-bond acceptors (Lipinski definition) is 2. The van der Waals surface area contributed by atoms with E-state index >= 15 is 0 Å². The molecule has 0 amide bonds. The van der Waals surface area contributed by atoms with Gasteiger partial charge < -0.3 is 9.67 Å². The van der Waals surface area contributed by atoms with Gasteiger partial charge in [0.2, 0.25) is 0 Å². The fraction of sp³-hybridized carbons (Fsp3) is 0.250. The van der Waals surface area contributed by atoms with Crippen molar-refractivity contribution in [1.82, 2.24) is 9.55 Å². The zero-order valence-corrected chi connectivity index (χ0v) is 18.1. The maximum absolute atomic E-state index is 11.0. The second-order valence-electron chi connectivity index (χ2n) is 8.08. The van der Waals surface area contributed by atoms with Gasteiger partial charge in [0, 0.05) is 12.5 Å². The molecule has 3 nitrogen and oxygen atoms in total. The van der Waals surface area contributed by atoms with Crippen molar-refractivity contribution in [2.24, 2.45) is 0 Å². The first kappa shape index (κ1) is 21.1. The maximum atomic E-state index is 11.0. The van der Waals surface area contributed by atoms with Crippen molar-refractivity contribution in [3.05, 3.63) is 125 Å². The summed E-state index contributed by atoms with van der Waals surface area (Å²) in [5, 5.41) is 11.0. The third-order valence-corrected chi connectivity index (χ3v) is 6.00. The van der Waals surface area contributed by atoms with Gasteiger partial charge in [-0.3, -0.25) is 0 Å². The number of nitrogens with zero attached hydrogens (tertiary/aromatic N) is 2. The molecular formula is C28H30N2O. The summed E-state index contributed by atoms with van der Waals surface area (Å²) in [5.41, 5.74) is 6.01. The molecule has 0 bridgehead atoms. The lowest BCUT2D eigenvalue weighted by molar-refractivity contribution is 0.154. The number of aromatic nitrogens is 2. The highest BCUT2D eigenvalue weighted by molar-refractivity contribution is 5.34. The third kappa shape index (κ3) is 5.31. The first-order valence-corrected chi connectivity index (χ1v) is 11.1. The topological polar surface area (TPSA) is 38.1 Å². The average Bonchev–Trinajstić information content (AvgIpc) is 3.29. The first-order chi connectivity index (χ1) is 15.2. The molecule has 3 heteroatoms. The van der Waals surface area contributed by atoms with Gasteiger partial charge in [-0.1, -0.05) is 91.9 Å². The third-order valence-electron chi connectivity index (χ3n) is 6.00. The second kappa shape index (κ2) is 10.2. The molecule has 0 radical (unpaired) electrons. The van der Waals surface area contributed by atoms with E-state index in [4.69, 9.17) is 0 Å². The van der Waals surface area contributed by atoms with Gasteiger partial charge in [-0.2, -0.15) is 0 Å². The molecule has 158 valence electrons. The lowest BCUT2D eigenvalue weighted by Crippen LogP contribution is -2.10. The molecule has 2 unspecified atom stereocenters. The maximum Gasteiger partial charge on any atom is 0.0956 e. The molecular weight excluding hydrogens is 380 g/mol. The van der Waals surface area contributed by atoms with Crippen LogP contribution in [0.3, 0.4) is 0 Å². The number of benzene rings is 3. The van der Waals surface area contributed by atoms with E-state index in [0.717, 1.165) is 18.5 Å². The van der Waals surface area contributed by atoms with E-state index in [1.165, 1.54) is 22.3 Å². The predicted octanol–water partition coefficient (Wildman–Crippen LogP) is 6.14. The molecule has 4 aromatic rings. The van der Waals surface area contributed by atoms with Crippen molar-refractivity contribution in [2.75, 3.05) is 0 Å². The summed E-state index contributed by atoms with van der Waals surface area (Å²) < 4.78 is 2.05. The highest BCUT2D eigenvalue weighted by atomic mass is 16.3. The number of imidazole rings is 1. The molecule has 1 aromatic heterocycles. The van der Waals surface area contributed by atoms with Crippen LogP contribution >= 0.6 is 0 Å². The van der Waals surface area contributed by atoms with Gasteiger partial charge in [0.25, 0.3) is 0 Å². The number of aryl methyl sites for hydroxylation is 1. The van der Waals surface area contributed by atoms with Crippen molar-refractivity contribution in [3.63, 3.8) is 0 Å². The highest BCUT2D eigenvalue weighted by Crippen LogP contribution is 2.32. The van der Waals surface area contributed by atoms with Crippen molar-refractivity contribution >= 4 is 0 Å². The first-order valence-electron chi connectivity index (χ1n) is 11.1. The summed E-state index contributed by atoms with van der Waals surface area (Å²) in [6.45, 7) is 2.90. The fourth-order valence-electron chi connectivity index (χ4n) is 4.19. The molecule has 0 spiro atoms. The minimum atomic E-state index is -0.549. The normalized spacial score (nSPS) is 13.1. The Morgan fingerprint density at radius 3 is 2.10 bits per heavy atom. The van der Waals surface area contributed by atoms with Crippen LogP contribution < -0.4 is 0 Å². The highest BCUT2D eigenvalue weighted by Gasteiger charge is 2.19. The van der Waals surface area contributed by atoms with E-state index in [1.807, 2.05) is 29.1 Å². The lowest BCUT2D eigenvalue weighted by Gasteiger charge is -2.21. The molecule has 1 N–H and O–H groups in total. The number of hydrogen-bond donors (Lipinski definition) is 1. The predicted molar refractivity (Wildman–Crippen MR) is 126 cm³/mol. The Morgan fingerprint density at radius 2 is 1.42 bits per heavy atom. The molecule has 1 heterocycles. The smallest absolute Gasteiger partial charge is 0.0956 e. The Bertz CT molecular complexity index is 1060. The van der Waals surface area contributed by atoms with Crippen molar-refractivity contribution in [3.8, 4) is 0 Å². The molecule has 0 saturated carbocycles. The van der Waals surface area contributed by atoms with E-state index in [9.17, 15) is 5.11 Å². The molecule has 0 saturated heterocycles. The summed E-state index contributed by atoms with van der Waals surface area (Å²) in [7, 11) is 0. The van der Waals surface area contributed by atoms with Crippen LogP contribution in [0.5, 0.6) is 0 Å². The largest absolute Gasteiger partial charge is 0.387 e. The van der Waals surface area contributed by atoms with Crippen LogP contribution in [-0.2, 0) is 13.0 Å². The van der Waals surface area contributed by atoms with Crippen LogP contribution in [0.15, 0.2) is 97.5 Å². The zero-order chi connectivity index (χ0) is 21.5. The van der Waals surface area contributed by atoms with Crippen LogP contribution in [0.1, 0.15) is 59.7 Å². The van der Waals surface area contributed by atoms with Gasteiger partial charge in [-0.15, -0.1) is 0 Å². The van der Waals surface area contributed by atoms with Crippen molar-refractivity contribution < 1.29 is 5.11 Å². The van der Waals surface area contributed by atoms with Gasteiger partial charge >= 0.3 is 0 Å². The molecule has 0 aliphatic rings. The Morgan fingerprint density at radius 1 is 0.774 bits per heavy atom. The molecule has 2 atom stereocenters. The van der Waals surface area contributed by atoms with Crippen LogP contribution in [0.25, 0.3) is 0 Å². The van der Waals surface area contributed by atoms with Gasteiger partial charge in [0.05, 0.1) is 24.3 Å². The van der Waals surface area contributed by atoms with E-state index in [1.54, 1.807) is 6.20 Å². The van der Waals surface area contributed by atoms with Crippen LogP contribution in [-0.4, -0.2) is 14.7 Å². The van der Waals surface area contributed by atoms with Crippen LogP contribution in [0.4, 0.5) is 0 Å². The van der Waals surface area contributed by atoms with Crippen molar-refractivity contribution in [1.29, 1.82) is 0 Å². The number of aliphatic hydroxyl groups excluding tert-OH is 1. The Balaban J connectivity index is 1.50. The van der Waals surface area contributed by atoms with E-state index in [0.29, 0.717) is 13.0 Å². The summed E-state index contributed by atoms with van der Waals surface area (Å²) in [4.78, 5) is 4.30. The van der Waals surface area contributed by atoms with Crippen LogP contribution in [0, 0.1) is 0 Å². The zero-order valence-electron chi connectivity index (χ0n) is 18.1. The molecule has 31 heavy (non-hydrogen) atoms. The number of rotatable bonds is 9. The van der Waals surface area contributed by atoms with E-state index in [2.05, 4.69) is 78.6 Å². The molecule has 3 aromatic carbocycles. The van der Waals surface area contributed by atoms with Crippen LogP contribution in [0.2, 0.25) is 0 Å². The van der Waals surface area contributed by atoms with Crippen molar-refractivity contribution in [2.45, 2.75) is 44.8 Å². The molecule has 0 aliphatic heterocycles. The van der Waals surface area contributed by atoms with Gasteiger partial charge in [-0.05, 0) is 41.5 Å². The number of aliphatic hydroxyl groups is 1. The summed E-state index contributed by atoms with van der Waals surface area (Å²) >= 11 is 0. The quantitative estimate of drug-likeness (QED) is 0.360. The Kier molecular flexibility index (Phi) is 6.96. The molecule has 0 fully saturated rings. The van der Waals surface area contributed by atoms with E-state index < -0.39 is 6.10 Å². The monoisotopic (exact) mass is 410 g/mol.